The monoisotopic (exact) mass is 684 g/mol. The normalized spacial score (nSPS) is 12.9. The fourth-order valence-electron chi connectivity index (χ4n) is 3.47. The molecule has 0 saturated carbocycles. The van der Waals surface area contributed by atoms with E-state index in [1.165, 1.54) is 0 Å². The second-order valence-corrected chi connectivity index (χ2v) is 12.8. The molecule has 10 nitrogen and oxygen atoms in total. The van der Waals surface area contributed by atoms with E-state index in [-0.39, 0.29) is 18.1 Å². The van der Waals surface area contributed by atoms with Crippen LogP contribution in [0.25, 0.3) is 0 Å². The number of hydrogen-bond acceptors (Lipinski definition) is 9. The van der Waals surface area contributed by atoms with Gasteiger partial charge in [0, 0.05) is 5.57 Å². The Hall–Kier alpha value is -2.86. The van der Waals surface area contributed by atoms with Gasteiger partial charge in [-0.05, 0) is 44.0 Å². The summed E-state index contributed by atoms with van der Waals surface area (Å²) in [4.78, 5) is 23.4. The van der Waals surface area contributed by atoms with Crippen LogP contribution in [0.4, 0.5) is 26.3 Å². The Morgan fingerprint density at radius 1 is 0.727 bits per heavy atom. The molecule has 0 amide bonds. The Morgan fingerprint density at radius 2 is 1.14 bits per heavy atom. The van der Waals surface area contributed by atoms with Gasteiger partial charge >= 0.3 is 48.6 Å². The molecule has 18 heteroatoms. The summed E-state index contributed by atoms with van der Waals surface area (Å²) in [6, 6.07) is 2.79. The predicted octanol–water partition coefficient (Wildman–Crippen LogP) is 6.28. The topological polar surface area (TPSA) is 150 Å². The maximum atomic E-state index is 13.9. The highest BCUT2D eigenvalue weighted by molar-refractivity contribution is 7.88. The smallest absolute Gasteiger partial charge is 0.450 e. The molecule has 0 aliphatic rings. The molecular weight excluding hydrogens is 650 g/mol. The van der Waals surface area contributed by atoms with Gasteiger partial charge in [-0.2, -0.15) is 43.2 Å². The van der Waals surface area contributed by atoms with Crippen LogP contribution in [0.5, 0.6) is 5.75 Å². The second kappa shape index (κ2) is 16.5. The van der Waals surface area contributed by atoms with Crippen molar-refractivity contribution in [1.82, 2.24) is 0 Å². The lowest BCUT2D eigenvalue weighted by Gasteiger charge is -2.29. The minimum absolute atomic E-state index is 0.0324. The average Bonchev–Trinajstić information content (AvgIpc) is 2.92. The number of benzene rings is 1. The van der Waals surface area contributed by atoms with Crippen molar-refractivity contribution >= 4 is 32.2 Å². The van der Waals surface area contributed by atoms with Crippen LogP contribution in [0.3, 0.4) is 0 Å². The summed E-state index contributed by atoms with van der Waals surface area (Å²) < 4.78 is 148. The number of carbonyl (C=O) groups is 2. The van der Waals surface area contributed by atoms with Crippen molar-refractivity contribution in [2.45, 2.75) is 87.6 Å². The Morgan fingerprint density at radius 3 is 1.55 bits per heavy atom. The van der Waals surface area contributed by atoms with Gasteiger partial charge in [-0.3, -0.25) is 4.55 Å². The third-order valence-corrected chi connectivity index (χ3v) is 8.22. The van der Waals surface area contributed by atoms with Gasteiger partial charge < -0.3 is 13.7 Å². The quantitative estimate of drug-likeness (QED) is 0.0391. The van der Waals surface area contributed by atoms with E-state index in [1.807, 2.05) is 0 Å². The molecule has 44 heavy (non-hydrogen) atoms. The SMILES string of the molecule is C=C(C)C(=O)OCCCCCCCCCCCCOC(=O)c1ccc(OS(=O)(=O)C(F)(F)C(F)(F)C(F)(F)S(=O)(=O)O)cc1. The number of alkyl halides is 6. The highest BCUT2D eigenvalue weighted by atomic mass is 32.2. The first-order valence-corrected chi connectivity index (χ1v) is 16.2. The fraction of sp³-hybridized carbons (Fsp3) is 0.615. The predicted molar refractivity (Wildman–Crippen MR) is 145 cm³/mol. The van der Waals surface area contributed by atoms with E-state index in [4.69, 9.17) is 14.0 Å². The number of hydrogen-bond donors (Lipinski definition) is 1. The Bertz CT molecular complexity index is 1330. The molecule has 0 aromatic heterocycles. The highest BCUT2D eigenvalue weighted by Crippen LogP contribution is 2.50. The summed E-state index contributed by atoms with van der Waals surface area (Å²) >= 11 is 0. The van der Waals surface area contributed by atoms with Crippen LogP contribution < -0.4 is 4.18 Å². The standard InChI is InChI=1S/C26H34F6O10S2/c1-19(2)22(33)40-17-11-9-7-5-3-4-6-8-10-12-18-41-23(34)20-13-15-21(16-14-20)42-44(38,39)26(31,32)24(27,28)25(29,30)43(35,36)37/h13-16H,1,3-12,17-18H2,2H3,(H,35,36,37). The molecule has 0 spiro atoms. The summed E-state index contributed by atoms with van der Waals surface area (Å²) in [5.41, 5.74) is 0.160. The first-order chi connectivity index (χ1) is 20.2. The van der Waals surface area contributed by atoms with Crippen LogP contribution in [0, 0.1) is 0 Å². The first-order valence-electron chi connectivity index (χ1n) is 13.3. The summed E-state index contributed by atoms with van der Waals surface area (Å²) in [5, 5.41) is -13.7. The van der Waals surface area contributed by atoms with Crippen molar-refractivity contribution < 1.29 is 71.0 Å². The third-order valence-electron chi connectivity index (χ3n) is 6.02. The van der Waals surface area contributed by atoms with Crippen LogP contribution in [-0.2, 0) is 34.5 Å². The van der Waals surface area contributed by atoms with Gasteiger partial charge in [0.15, 0.2) is 0 Å². The van der Waals surface area contributed by atoms with Crippen LogP contribution in [0.2, 0.25) is 0 Å². The molecule has 0 radical (unpaired) electrons. The van der Waals surface area contributed by atoms with E-state index in [0.717, 1.165) is 69.9 Å². The molecular formula is C26H34F6O10S2. The molecule has 0 fully saturated rings. The molecule has 0 aliphatic carbocycles. The molecule has 0 atom stereocenters. The minimum Gasteiger partial charge on any atom is -0.462 e. The van der Waals surface area contributed by atoms with E-state index >= 15 is 0 Å². The van der Waals surface area contributed by atoms with Crippen LogP contribution >= 0.6 is 0 Å². The van der Waals surface area contributed by atoms with Crippen LogP contribution in [0.15, 0.2) is 36.4 Å². The number of carbonyl (C=O) groups excluding carboxylic acids is 2. The van der Waals surface area contributed by atoms with Gasteiger partial charge in [-0.25, -0.2) is 9.59 Å². The first kappa shape index (κ1) is 39.2. The van der Waals surface area contributed by atoms with E-state index in [1.54, 1.807) is 6.92 Å². The van der Waals surface area contributed by atoms with Gasteiger partial charge in [0.05, 0.1) is 18.8 Å². The lowest BCUT2D eigenvalue weighted by Crippen LogP contribution is -2.61. The summed E-state index contributed by atoms with van der Waals surface area (Å²) in [7, 11) is -14.1. The van der Waals surface area contributed by atoms with E-state index in [2.05, 4.69) is 10.8 Å². The van der Waals surface area contributed by atoms with Crippen molar-refractivity contribution in [3.63, 3.8) is 0 Å². The number of halogens is 6. The van der Waals surface area contributed by atoms with Crippen molar-refractivity contribution in [2.24, 2.45) is 0 Å². The number of rotatable bonds is 21. The molecule has 0 aliphatic heterocycles. The maximum Gasteiger partial charge on any atom is 0.450 e. The zero-order chi connectivity index (χ0) is 33.8. The zero-order valence-corrected chi connectivity index (χ0v) is 25.3. The molecule has 1 aromatic rings. The molecule has 252 valence electrons. The minimum atomic E-state index is -7.16. The molecule has 1 rings (SSSR count). The summed E-state index contributed by atoms with van der Waals surface area (Å²) in [5.74, 6) is -9.52. The Labute approximate surface area is 251 Å². The van der Waals surface area contributed by atoms with Gasteiger partial charge in [0.1, 0.15) is 5.75 Å². The molecule has 0 unspecified atom stereocenters. The molecule has 0 saturated heterocycles. The molecule has 0 bridgehead atoms. The largest absolute Gasteiger partial charge is 0.462 e. The second-order valence-electron chi connectivity index (χ2n) is 9.73. The Kier molecular flexibility index (Phi) is 14.6. The van der Waals surface area contributed by atoms with Crippen LogP contribution in [-0.4, -0.2) is 63.0 Å². The van der Waals surface area contributed by atoms with E-state index in [9.17, 15) is 52.8 Å². The molecule has 1 aromatic carbocycles. The fourth-order valence-corrected chi connectivity index (χ4v) is 4.90. The van der Waals surface area contributed by atoms with Gasteiger partial charge in [0.2, 0.25) is 0 Å². The van der Waals surface area contributed by atoms with Crippen molar-refractivity contribution in [2.75, 3.05) is 13.2 Å². The van der Waals surface area contributed by atoms with E-state index < -0.39 is 48.4 Å². The van der Waals surface area contributed by atoms with Crippen LogP contribution in [0.1, 0.15) is 81.5 Å². The molecule has 1 N–H and O–H groups in total. The van der Waals surface area contributed by atoms with Gasteiger partial charge in [-0.15, -0.1) is 0 Å². The lowest BCUT2D eigenvalue weighted by atomic mass is 10.1. The van der Waals surface area contributed by atoms with Crippen molar-refractivity contribution in [3.05, 3.63) is 42.0 Å². The number of ether oxygens (including phenoxy) is 2. The molecule has 0 heterocycles. The van der Waals surface area contributed by atoms with Crippen molar-refractivity contribution in [3.8, 4) is 5.75 Å². The average molecular weight is 685 g/mol. The summed E-state index contributed by atoms with van der Waals surface area (Å²) in [6.07, 6.45) is 9.10. The van der Waals surface area contributed by atoms with Gasteiger partial charge in [0.25, 0.3) is 0 Å². The zero-order valence-electron chi connectivity index (χ0n) is 23.7. The number of esters is 2. The maximum absolute atomic E-state index is 13.9. The third kappa shape index (κ3) is 10.6. The van der Waals surface area contributed by atoms with E-state index in [0.29, 0.717) is 30.7 Å². The highest BCUT2D eigenvalue weighted by Gasteiger charge is 2.83. The van der Waals surface area contributed by atoms with Gasteiger partial charge in [-0.1, -0.05) is 57.9 Å². The Balaban J connectivity index is 2.39. The number of unbranched alkanes of at least 4 members (excludes halogenated alkanes) is 9. The summed E-state index contributed by atoms with van der Waals surface area (Å²) in [6.45, 7) is 5.50. The van der Waals surface area contributed by atoms with Crippen molar-refractivity contribution in [1.29, 1.82) is 0 Å². The lowest BCUT2D eigenvalue weighted by molar-refractivity contribution is -0.247.